The zero-order valence-corrected chi connectivity index (χ0v) is 9.25. The van der Waals surface area contributed by atoms with E-state index in [0.29, 0.717) is 17.7 Å². The Labute approximate surface area is 93.5 Å². The van der Waals surface area contributed by atoms with Crippen LogP contribution in [0.1, 0.15) is 19.9 Å². The molecule has 0 atom stereocenters. The molecule has 0 aliphatic heterocycles. The molecule has 0 aliphatic carbocycles. The third kappa shape index (κ3) is 2.28. The fourth-order valence-corrected chi connectivity index (χ4v) is 1.24. The van der Waals surface area contributed by atoms with Gasteiger partial charge in [-0.1, -0.05) is 0 Å². The molecule has 0 saturated heterocycles. The number of hydrogen-bond donors (Lipinski definition) is 2. The molecule has 0 aliphatic rings. The maximum Gasteiger partial charge on any atom is 0.153 e. The second-order valence-electron chi connectivity index (χ2n) is 3.77. The van der Waals surface area contributed by atoms with E-state index in [1.807, 2.05) is 10.9 Å². The molecule has 84 valence electrons. The molecule has 2 rings (SSSR count). The van der Waals surface area contributed by atoms with Crippen molar-refractivity contribution in [3.63, 3.8) is 0 Å². The van der Waals surface area contributed by atoms with Gasteiger partial charge in [0, 0.05) is 12.2 Å². The molecule has 6 heteroatoms. The van der Waals surface area contributed by atoms with Gasteiger partial charge >= 0.3 is 0 Å². The lowest BCUT2D eigenvalue weighted by molar-refractivity contribution is 0.532. The van der Waals surface area contributed by atoms with Gasteiger partial charge in [0.15, 0.2) is 5.82 Å². The topological polar surface area (TPSA) is 81.7 Å². The monoisotopic (exact) mass is 218 g/mol. The summed E-state index contributed by atoms with van der Waals surface area (Å²) in [6.07, 6.45) is 3.67. The van der Waals surface area contributed by atoms with E-state index in [9.17, 15) is 0 Å². The van der Waals surface area contributed by atoms with E-state index in [-0.39, 0.29) is 0 Å². The number of anilines is 3. The molecule has 0 fully saturated rings. The van der Waals surface area contributed by atoms with Crippen molar-refractivity contribution in [2.75, 3.05) is 11.1 Å². The van der Waals surface area contributed by atoms with Gasteiger partial charge in [-0.15, -0.1) is 10.2 Å². The van der Waals surface area contributed by atoms with Gasteiger partial charge in [-0.3, -0.25) is 4.68 Å². The summed E-state index contributed by atoms with van der Waals surface area (Å²) in [7, 11) is 0. The van der Waals surface area contributed by atoms with E-state index >= 15 is 0 Å². The van der Waals surface area contributed by atoms with Crippen molar-refractivity contribution >= 4 is 17.3 Å². The zero-order chi connectivity index (χ0) is 11.5. The number of rotatable bonds is 3. The highest BCUT2D eigenvalue weighted by molar-refractivity contribution is 5.54. The molecule has 0 unspecified atom stereocenters. The van der Waals surface area contributed by atoms with Gasteiger partial charge in [0.2, 0.25) is 0 Å². The summed E-state index contributed by atoms with van der Waals surface area (Å²) in [6, 6.07) is 3.81. The van der Waals surface area contributed by atoms with Crippen molar-refractivity contribution in [3.05, 3.63) is 24.5 Å². The van der Waals surface area contributed by atoms with E-state index in [4.69, 9.17) is 5.73 Å². The molecule has 3 N–H and O–H groups in total. The van der Waals surface area contributed by atoms with Crippen LogP contribution in [0.15, 0.2) is 24.5 Å². The minimum Gasteiger partial charge on any atom is -0.382 e. The summed E-state index contributed by atoms with van der Waals surface area (Å²) >= 11 is 0. The Hall–Kier alpha value is -2.11. The first kappa shape index (κ1) is 10.4. The lowest BCUT2D eigenvalue weighted by atomic mass is 10.4. The molecule has 0 saturated carbocycles. The van der Waals surface area contributed by atoms with E-state index in [2.05, 4.69) is 34.5 Å². The third-order valence-corrected chi connectivity index (χ3v) is 2.09. The second kappa shape index (κ2) is 4.18. The van der Waals surface area contributed by atoms with Gasteiger partial charge in [-0.25, -0.2) is 0 Å². The normalized spacial score (nSPS) is 10.7. The van der Waals surface area contributed by atoms with Crippen LogP contribution in [0.25, 0.3) is 0 Å². The van der Waals surface area contributed by atoms with Gasteiger partial charge < -0.3 is 11.1 Å². The fraction of sp³-hybridized carbons (Fsp3) is 0.300. The predicted octanol–water partition coefficient (Wildman–Crippen LogP) is 1.58. The Balaban J connectivity index is 2.11. The van der Waals surface area contributed by atoms with Crippen LogP contribution >= 0.6 is 0 Å². The summed E-state index contributed by atoms with van der Waals surface area (Å²) in [5, 5.41) is 15.0. The first-order chi connectivity index (χ1) is 7.65. The number of aromatic nitrogens is 4. The maximum absolute atomic E-state index is 5.45. The Kier molecular flexibility index (Phi) is 2.72. The van der Waals surface area contributed by atoms with E-state index in [1.54, 1.807) is 18.3 Å². The third-order valence-electron chi connectivity index (χ3n) is 2.09. The van der Waals surface area contributed by atoms with Crippen molar-refractivity contribution < 1.29 is 0 Å². The minimum atomic E-state index is 0.341. The average molecular weight is 218 g/mol. The van der Waals surface area contributed by atoms with Gasteiger partial charge in [-0.2, -0.15) is 5.10 Å². The highest BCUT2D eigenvalue weighted by Gasteiger charge is 2.02. The lowest BCUT2D eigenvalue weighted by Gasteiger charge is -2.03. The molecule has 6 nitrogen and oxygen atoms in total. The molecular formula is C10H14N6. The first-order valence-corrected chi connectivity index (χ1v) is 5.05. The molecule has 16 heavy (non-hydrogen) atoms. The Morgan fingerprint density at radius 1 is 1.31 bits per heavy atom. The van der Waals surface area contributed by atoms with Crippen LogP contribution in [-0.2, 0) is 0 Å². The van der Waals surface area contributed by atoms with Crippen molar-refractivity contribution in [2.45, 2.75) is 19.9 Å². The summed E-state index contributed by atoms with van der Waals surface area (Å²) in [4.78, 5) is 0. The zero-order valence-electron chi connectivity index (χ0n) is 9.25. The van der Waals surface area contributed by atoms with Gasteiger partial charge in [0.05, 0.1) is 11.9 Å². The van der Waals surface area contributed by atoms with E-state index in [0.717, 1.165) is 5.69 Å². The summed E-state index contributed by atoms with van der Waals surface area (Å²) in [5.41, 5.74) is 6.33. The van der Waals surface area contributed by atoms with Crippen LogP contribution in [0.2, 0.25) is 0 Å². The SMILES string of the molecule is CC(C)n1cc(Nc2ccc(N)nn2)cn1. The molecule has 0 bridgehead atoms. The Bertz CT molecular complexity index is 458. The lowest BCUT2D eigenvalue weighted by Crippen LogP contribution is -2.00. The minimum absolute atomic E-state index is 0.341. The first-order valence-electron chi connectivity index (χ1n) is 5.05. The Morgan fingerprint density at radius 2 is 2.12 bits per heavy atom. The number of nitrogen functional groups attached to an aromatic ring is 1. The number of hydrogen-bond acceptors (Lipinski definition) is 5. The van der Waals surface area contributed by atoms with Crippen LogP contribution < -0.4 is 11.1 Å². The molecule has 0 spiro atoms. The quantitative estimate of drug-likeness (QED) is 0.817. The van der Waals surface area contributed by atoms with Crippen molar-refractivity contribution in [3.8, 4) is 0 Å². The number of nitrogens with one attached hydrogen (secondary N) is 1. The fourth-order valence-electron chi connectivity index (χ4n) is 1.24. The van der Waals surface area contributed by atoms with Gasteiger partial charge in [0.25, 0.3) is 0 Å². The van der Waals surface area contributed by atoms with Crippen LogP contribution in [0, 0.1) is 0 Å². The predicted molar refractivity (Wildman–Crippen MR) is 62.3 cm³/mol. The van der Waals surface area contributed by atoms with Crippen molar-refractivity contribution in [2.24, 2.45) is 0 Å². The summed E-state index contributed by atoms with van der Waals surface area (Å²) in [5.74, 6) is 1.06. The molecule has 2 aromatic rings. The highest BCUT2D eigenvalue weighted by atomic mass is 15.3. The molecular weight excluding hydrogens is 204 g/mol. The van der Waals surface area contributed by atoms with Gasteiger partial charge in [0.1, 0.15) is 5.82 Å². The summed E-state index contributed by atoms with van der Waals surface area (Å²) < 4.78 is 1.87. The average Bonchev–Trinajstić information content (AvgIpc) is 2.70. The largest absolute Gasteiger partial charge is 0.382 e. The van der Waals surface area contributed by atoms with Crippen LogP contribution in [0.3, 0.4) is 0 Å². The molecule has 0 aromatic carbocycles. The summed E-state index contributed by atoms with van der Waals surface area (Å²) in [6.45, 7) is 4.14. The Morgan fingerprint density at radius 3 is 2.69 bits per heavy atom. The van der Waals surface area contributed by atoms with E-state index < -0.39 is 0 Å². The number of nitrogens with two attached hydrogens (primary N) is 1. The standard InChI is InChI=1S/C10H14N6/c1-7(2)16-6-8(5-12-16)13-10-4-3-9(11)14-15-10/h3-7H,1-2H3,(H2,11,14)(H,13,15). The van der Waals surface area contributed by atoms with E-state index in [1.165, 1.54) is 0 Å². The smallest absolute Gasteiger partial charge is 0.153 e. The molecule has 0 radical (unpaired) electrons. The molecule has 2 aromatic heterocycles. The van der Waals surface area contributed by atoms with Crippen molar-refractivity contribution in [1.82, 2.24) is 20.0 Å². The maximum atomic E-state index is 5.45. The highest BCUT2D eigenvalue weighted by Crippen LogP contribution is 2.14. The van der Waals surface area contributed by atoms with Crippen LogP contribution in [0.5, 0.6) is 0 Å². The van der Waals surface area contributed by atoms with Crippen LogP contribution in [-0.4, -0.2) is 20.0 Å². The van der Waals surface area contributed by atoms with Crippen molar-refractivity contribution in [1.29, 1.82) is 0 Å². The second-order valence-corrected chi connectivity index (χ2v) is 3.77. The molecule has 2 heterocycles. The number of nitrogens with zero attached hydrogens (tertiary/aromatic N) is 4. The van der Waals surface area contributed by atoms with Crippen LogP contribution in [0.4, 0.5) is 17.3 Å². The molecule has 0 amide bonds. The van der Waals surface area contributed by atoms with Gasteiger partial charge in [-0.05, 0) is 26.0 Å².